The van der Waals surface area contributed by atoms with E-state index < -0.39 is 35.0 Å². The van der Waals surface area contributed by atoms with Gasteiger partial charge in [-0.15, -0.1) is 0 Å². The molecule has 4 N–H and O–H groups in total. The van der Waals surface area contributed by atoms with Crippen LogP contribution in [0.4, 0.5) is 13.6 Å². The fourth-order valence-electron chi connectivity index (χ4n) is 3.63. The van der Waals surface area contributed by atoms with Crippen LogP contribution in [0.5, 0.6) is 0 Å². The number of nitrogens with zero attached hydrogens (tertiary/aromatic N) is 3. The van der Waals surface area contributed by atoms with Crippen LogP contribution in [-0.2, 0) is 6.54 Å². The summed E-state index contributed by atoms with van der Waals surface area (Å²) in [5.41, 5.74) is 10.7. The number of benzene rings is 1. The molecule has 0 fully saturated rings. The predicted octanol–water partition coefficient (Wildman–Crippen LogP) is 2.41. The van der Waals surface area contributed by atoms with Gasteiger partial charge in [-0.1, -0.05) is 20.8 Å². The number of hydrogen-bond acceptors (Lipinski definition) is 3. The quantitative estimate of drug-likeness (QED) is 0.839. The molecule has 9 heteroatoms. The smallest absolute Gasteiger partial charge is 0.315 e. The van der Waals surface area contributed by atoms with E-state index in [2.05, 4.69) is 5.10 Å². The number of fused-ring (bicyclic) bond motifs is 1. The average Bonchev–Trinajstić information content (AvgIpc) is 2.94. The highest BCUT2D eigenvalue weighted by Gasteiger charge is 2.43. The van der Waals surface area contributed by atoms with E-state index in [1.165, 1.54) is 9.58 Å². The van der Waals surface area contributed by atoms with Gasteiger partial charge in [0.1, 0.15) is 17.3 Å². The van der Waals surface area contributed by atoms with E-state index in [0.717, 1.165) is 18.2 Å². The number of nitrogens with two attached hydrogens (primary N) is 2. The summed E-state index contributed by atoms with van der Waals surface area (Å²) in [6.07, 6.45) is 0. The maximum Gasteiger partial charge on any atom is 0.315 e. The monoisotopic (exact) mass is 377 g/mol. The molecular weight excluding hydrogens is 356 g/mol. The Morgan fingerprint density at radius 2 is 1.85 bits per heavy atom. The van der Waals surface area contributed by atoms with E-state index in [9.17, 15) is 18.4 Å². The number of carbonyl (C=O) groups is 2. The molecule has 2 aromatic rings. The Morgan fingerprint density at radius 3 is 2.41 bits per heavy atom. The number of aromatic nitrogens is 2. The molecule has 7 nitrogen and oxygen atoms in total. The second-order valence-electron chi connectivity index (χ2n) is 7.62. The number of hydrogen-bond donors (Lipinski definition) is 2. The lowest BCUT2D eigenvalue weighted by Crippen LogP contribution is -2.49. The molecule has 0 saturated heterocycles. The van der Waals surface area contributed by atoms with Gasteiger partial charge in [-0.2, -0.15) is 5.10 Å². The molecule has 0 radical (unpaired) electrons. The van der Waals surface area contributed by atoms with Crippen molar-refractivity contribution in [3.8, 4) is 11.3 Å². The van der Waals surface area contributed by atoms with E-state index in [4.69, 9.17) is 11.5 Å². The molecule has 0 saturated carbocycles. The third-order valence-corrected chi connectivity index (χ3v) is 4.65. The molecule has 1 aliphatic heterocycles. The van der Waals surface area contributed by atoms with Crippen molar-refractivity contribution in [2.24, 2.45) is 16.9 Å². The fourth-order valence-corrected chi connectivity index (χ4v) is 3.63. The van der Waals surface area contributed by atoms with Gasteiger partial charge in [0.15, 0.2) is 0 Å². The highest BCUT2D eigenvalue weighted by molar-refractivity contribution is 6.00. The zero-order valence-corrected chi connectivity index (χ0v) is 15.3. The topological polar surface area (TPSA) is 107 Å². The van der Waals surface area contributed by atoms with Gasteiger partial charge in [-0.25, -0.2) is 13.6 Å². The molecule has 1 aromatic heterocycles. The summed E-state index contributed by atoms with van der Waals surface area (Å²) in [5.74, 6) is -2.23. The Bertz CT molecular complexity index is 933. The fraction of sp³-hybridized carbons (Fsp3) is 0.389. The van der Waals surface area contributed by atoms with E-state index in [1.54, 1.807) is 0 Å². The number of primary amides is 2. The maximum absolute atomic E-state index is 14.3. The van der Waals surface area contributed by atoms with Gasteiger partial charge in [-0.3, -0.25) is 9.48 Å². The van der Waals surface area contributed by atoms with Crippen LogP contribution in [0.25, 0.3) is 11.3 Å². The van der Waals surface area contributed by atoms with Crippen molar-refractivity contribution in [1.29, 1.82) is 0 Å². The van der Waals surface area contributed by atoms with Crippen LogP contribution in [-0.4, -0.2) is 33.2 Å². The lowest BCUT2D eigenvalue weighted by atomic mass is 9.81. The normalized spacial score (nSPS) is 16.9. The molecule has 3 rings (SSSR count). The van der Waals surface area contributed by atoms with Crippen molar-refractivity contribution in [1.82, 2.24) is 14.7 Å². The first-order valence-electron chi connectivity index (χ1n) is 8.44. The molecule has 1 aromatic carbocycles. The largest absolute Gasteiger partial charge is 0.365 e. The van der Waals surface area contributed by atoms with Gasteiger partial charge < -0.3 is 16.4 Å². The SMILES string of the molecule is CC(C)(C)C1c2c(C(N)=O)c(-c3cc(F)ccc3F)nn2CCN1C(N)=O. The first kappa shape index (κ1) is 18.8. The lowest BCUT2D eigenvalue weighted by molar-refractivity contribution is 0.0899. The zero-order valence-electron chi connectivity index (χ0n) is 15.3. The molecule has 3 amide bonds. The summed E-state index contributed by atoms with van der Waals surface area (Å²) in [6.45, 7) is 6.16. The van der Waals surface area contributed by atoms with E-state index in [1.807, 2.05) is 20.8 Å². The summed E-state index contributed by atoms with van der Waals surface area (Å²) in [7, 11) is 0. The van der Waals surface area contributed by atoms with Crippen LogP contribution >= 0.6 is 0 Å². The molecule has 1 aliphatic rings. The summed E-state index contributed by atoms with van der Waals surface area (Å²) in [5, 5.41) is 4.33. The van der Waals surface area contributed by atoms with Crippen LogP contribution in [0.3, 0.4) is 0 Å². The lowest BCUT2D eigenvalue weighted by Gasteiger charge is -2.42. The maximum atomic E-state index is 14.3. The van der Waals surface area contributed by atoms with Crippen LogP contribution in [0.15, 0.2) is 18.2 Å². The van der Waals surface area contributed by atoms with Crippen molar-refractivity contribution in [2.45, 2.75) is 33.4 Å². The van der Waals surface area contributed by atoms with Crippen molar-refractivity contribution in [2.75, 3.05) is 6.54 Å². The molecule has 1 atom stereocenters. The molecule has 0 aliphatic carbocycles. The first-order valence-corrected chi connectivity index (χ1v) is 8.44. The standard InChI is InChI=1S/C18H21F2N5O2/c1-18(2,3)15-14-12(16(21)26)13(10-8-9(19)4-5-11(10)20)23-25(14)7-6-24(15)17(22)27/h4-5,8,15H,6-7H2,1-3H3,(H2,21,26)(H2,22,27). The molecule has 2 heterocycles. The van der Waals surface area contributed by atoms with Crippen molar-refractivity contribution < 1.29 is 18.4 Å². The van der Waals surface area contributed by atoms with Crippen LogP contribution in [0, 0.1) is 17.0 Å². The molecular formula is C18H21F2N5O2. The Hall–Kier alpha value is -2.97. The summed E-state index contributed by atoms with van der Waals surface area (Å²) in [6, 6.07) is 1.66. The van der Waals surface area contributed by atoms with E-state index in [-0.39, 0.29) is 29.9 Å². The van der Waals surface area contributed by atoms with Crippen LogP contribution < -0.4 is 11.5 Å². The Balaban J connectivity index is 2.32. The van der Waals surface area contributed by atoms with Gasteiger partial charge >= 0.3 is 6.03 Å². The number of halogens is 2. The molecule has 0 spiro atoms. The minimum atomic E-state index is -0.838. The molecule has 1 unspecified atom stereocenters. The highest BCUT2D eigenvalue weighted by Crippen LogP contribution is 2.43. The summed E-state index contributed by atoms with van der Waals surface area (Å²) in [4.78, 5) is 25.7. The number of urea groups is 1. The summed E-state index contributed by atoms with van der Waals surface area (Å²) >= 11 is 0. The van der Waals surface area contributed by atoms with Gasteiger partial charge in [-0.05, 0) is 23.6 Å². The number of rotatable bonds is 2. The second kappa shape index (κ2) is 6.33. The molecule has 144 valence electrons. The Morgan fingerprint density at radius 1 is 1.19 bits per heavy atom. The second-order valence-corrected chi connectivity index (χ2v) is 7.62. The van der Waals surface area contributed by atoms with Gasteiger partial charge in [0.2, 0.25) is 0 Å². The number of carbonyl (C=O) groups excluding carboxylic acids is 2. The average molecular weight is 377 g/mol. The van der Waals surface area contributed by atoms with Gasteiger partial charge in [0, 0.05) is 12.1 Å². The third-order valence-electron chi connectivity index (χ3n) is 4.65. The van der Waals surface area contributed by atoms with Gasteiger partial charge in [0.05, 0.1) is 23.8 Å². The minimum absolute atomic E-state index is 0.0367. The molecule has 0 bridgehead atoms. The molecule has 27 heavy (non-hydrogen) atoms. The third kappa shape index (κ3) is 3.13. The minimum Gasteiger partial charge on any atom is -0.365 e. The predicted molar refractivity (Wildman–Crippen MR) is 94.6 cm³/mol. The Labute approximate surface area is 154 Å². The van der Waals surface area contributed by atoms with Gasteiger partial charge in [0.25, 0.3) is 5.91 Å². The van der Waals surface area contributed by atoms with Crippen molar-refractivity contribution >= 4 is 11.9 Å². The van der Waals surface area contributed by atoms with E-state index >= 15 is 0 Å². The van der Waals surface area contributed by atoms with Crippen LogP contribution in [0.1, 0.15) is 42.9 Å². The first-order chi connectivity index (χ1) is 12.5. The number of amides is 3. The van der Waals surface area contributed by atoms with Crippen molar-refractivity contribution in [3.05, 3.63) is 41.1 Å². The van der Waals surface area contributed by atoms with E-state index in [0.29, 0.717) is 5.69 Å². The Kier molecular flexibility index (Phi) is 4.41. The van der Waals surface area contributed by atoms with Crippen LogP contribution in [0.2, 0.25) is 0 Å². The highest BCUT2D eigenvalue weighted by atomic mass is 19.1. The zero-order chi connectivity index (χ0) is 20.1. The van der Waals surface area contributed by atoms with Crippen molar-refractivity contribution in [3.63, 3.8) is 0 Å². The summed E-state index contributed by atoms with van der Waals surface area (Å²) < 4.78 is 29.6.